The number of pyridine rings is 1. The Labute approximate surface area is 170 Å². The predicted octanol–water partition coefficient (Wildman–Crippen LogP) is 5.15. The summed E-state index contributed by atoms with van der Waals surface area (Å²) in [5.74, 6) is -1.20. The second-order valence-electron chi connectivity index (χ2n) is 6.64. The van der Waals surface area contributed by atoms with Crippen molar-refractivity contribution >= 4 is 17.5 Å². The number of halogens is 3. The fraction of sp³-hybridized carbons (Fsp3) is 0.429. The van der Waals surface area contributed by atoms with Crippen molar-refractivity contribution < 1.29 is 20.4 Å². The number of benzene rings is 1. The van der Waals surface area contributed by atoms with Crippen LogP contribution in [0.25, 0.3) is 0 Å². The van der Waals surface area contributed by atoms with Crippen LogP contribution >= 0.6 is 11.6 Å². The molecule has 3 nitrogen and oxygen atoms in total. The van der Waals surface area contributed by atoms with Crippen molar-refractivity contribution in [1.29, 1.82) is 0 Å². The van der Waals surface area contributed by atoms with Crippen molar-refractivity contribution in [2.24, 2.45) is 0 Å². The molecule has 3 rings (SSSR count). The molecule has 1 fully saturated rings. The molecule has 144 valence electrons. The molecule has 2 heterocycles. The van der Waals surface area contributed by atoms with Crippen molar-refractivity contribution in [1.82, 2.24) is 9.88 Å². The lowest BCUT2D eigenvalue weighted by Crippen LogP contribution is -2.44. The van der Waals surface area contributed by atoms with Gasteiger partial charge in [-0.25, -0.2) is 8.78 Å². The first-order valence-corrected chi connectivity index (χ1v) is 9.09. The van der Waals surface area contributed by atoms with E-state index in [1.807, 2.05) is 0 Å². The number of hydrogen-bond donors (Lipinski definition) is 0. The van der Waals surface area contributed by atoms with E-state index < -0.39 is 37.2 Å². The minimum atomic E-state index is -2.27. The smallest absolute Gasteiger partial charge is 0.253 e. The molecule has 27 heavy (non-hydrogen) atoms. The number of aromatic nitrogens is 1. The first-order valence-electron chi connectivity index (χ1n) is 11.2. The van der Waals surface area contributed by atoms with Gasteiger partial charge in [0.15, 0.2) is 0 Å². The molecule has 1 atom stereocenters. The van der Waals surface area contributed by atoms with Gasteiger partial charge < -0.3 is 4.90 Å². The third kappa shape index (κ3) is 5.04. The molecule has 0 saturated carbocycles. The van der Waals surface area contributed by atoms with Gasteiger partial charge in [0.25, 0.3) is 5.91 Å². The number of piperidine rings is 1. The van der Waals surface area contributed by atoms with Crippen LogP contribution in [0.2, 0.25) is 5.02 Å². The van der Waals surface area contributed by atoms with Gasteiger partial charge in [0.2, 0.25) is 0 Å². The van der Waals surface area contributed by atoms with E-state index in [-0.39, 0.29) is 35.5 Å². The Bertz CT molecular complexity index is 987. The van der Waals surface area contributed by atoms with Crippen LogP contribution in [0.3, 0.4) is 0 Å². The molecule has 1 aliphatic rings. The quantitative estimate of drug-likeness (QED) is 0.699. The van der Waals surface area contributed by atoms with E-state index >= 15 is 4.39 Å². The number of nitrogens with zero attached hydrogens (tertiary/aromatic N) is 2. The maximum Gasteiger partial charge on any atom is 0.253 e. The van der Waals surface area contributed by atoms with Crippen LogP contribution < -0.4 is 0 Å². The van der Waals surface area contributed by atoms with E-state index in [1.54, 1.807) is 6.07 Å². The van der Waals surface area contributed by atoms with E-state index in [9.17, 15) is 9.18 Å². The van der Waals surface area contributed by atoms with Crippen LogP contribution in [-0.2, 0) is 6.42 Å². The van der Waals surface area contributed by atoms with E-state index in [1.165, 1.54) is 29.3 Å². The summed E-state index contributed by atoms with van der Waals surface area (Å²) >= 11 is 5.72. The number of alkyl halides is 1. The summed E-state index contributed by atoms with van der Waals surface area (Å²) in [6, 6.07) is 6.55. The highest BCUT2D eigenvalue weighted by molar-refractivity contribution is 6.31. The highest BCUT2D eigenvalue weighted by Gasteiger charge is 2.35. The Morgan fingerprint density at radius 3 is 2.93 bits per heavy atom. The van der Waals surface area contributed by atoms with Crippen molar-refractivity contribution in [3.8, 4) is 0 Å². The van der Waals surface area contributed by atoms with E-state index in [0.29, 0.717) is 18.5 Å². The molecule has 0 radical (unpaired) electrons. The molecule has 1 aliphatic heterocycles. The molecule has 2 aromatic rings. The number of aryl methyl sites for hydroxylation is 2. The number of amides is 1. The normalized spacial score (nSPS) is 25.0. The van der Waals surface area contributed by atoms with Gasteiger partial charge in [-0.15, -0.1) is 0 Å². The van der Waals surface area contributed by atoms with Gasteiger partial charge >= 0.3 is 0 Å². The molecule has 1 aromatic carbocycles. The summed E-state index contributed by atoms with van der Waals surface area (Å²) in [5, 5.41) is -0.212. The van der Waals surface area contributed by atoms with Crippen molar-refractivity contribution in [3.05, 3.63) is 64.2 Å². The van der Waals surface area contributed by atoms with Gasteiger partial charge in [0.05, 0.1) is 5.02 Å². The second kappa shape index (κ2) is 8.34. The summed E-state index contributed by atoms with van der Waals surface area (Å²) in [6.07, 6.45) is -0.543. The molecule has 0 bridgehead atoms. The Morgan fingerprint density at radius 2 is 2.26 bits per heavy atom. The average Bonchev–Trinajstić information content (AvgIpc) is 2.71. The zero-order valence-electron chi connectivity index (χ0n) is 19.6. The van der Waals surface area contributed by atoms with Crippen LogP contribution in [0.4, 0.5) is 8.78 Å². The molecule has 0 N–H and O–H groups in total. The summed E-state index contributed by atoms with van der Waals surface area (Å²) in [4.78, 5) is 18.0. The van der Waals surface area contributed by atoms with Crippen molar-refractivity contribution in [2.45, 2.75) is 44.6 Å². The van der Waals surface area contributed by atoms with Gasteiger partial charge in [-0.1, -0.05) is 17.7 Å². The largest absolute Gasteiger partial charge is 0.338 e. The molecule has 6 heteroatoms. The Hall–Kier alpha value is -2.01. The second-order valence-corrected chi connectivity index (χ2v) is 7.05. The predicted molar refractivity (Wildman–Crippen MR) is 102 cm³/mol. The summed E-state index contributed by atoms with van der Waals surface area (Å²) in [6.45, 7) is -2.65. The maximum absolute atomic E-state index is 15.6. The number of carbonyl (C=O) groups is 1. The monoisotopic (exact) mass is 397 g/mol. The zero-order valence-corrected chi connectivity index (χ0v) is 15.4. The van der Waals surface area contributed by atoms with E-state index in [2.05, 4.69) is 4.98 Å². The lowest BCUT2D eigenvalue weighted by molar-refractivity contribution is 0.0389. The minimum absolute atomic E-state index is 0.0232. The maximum atomic E-state index is 15.6. The van der Waals surface area contributed by atoms with Gasteiger partial charge in [-0.3, -0.25) is 9.78 Å². The third-order valence-corrected chi connectivity index (χ3v) is 4.94. The first kappa shape index (κ1) is 14.1. The molecular formula is C21H23ClF2N2O. The van der Waals surface area contributed by atoms with E-state index in [0.717, 1.165) is 6.07 Å². The zero-order chi connectivity index (χ0) is 23.7. The average molecular weight is 398 g/mol. The van der Waals surface area contributed by atoms with Crippen molar-refractivity contribution in [2.75, 3.05) is 13.1 Å². The van der Waals surface area contributed by atoms with Crippen LogP contribution in [0.1, 0.15) is 54.1 Å². The Balaban J connectivity index is 1.60. The number of hydrogen-bond acceptors (Lipinski definition) is 2. The number of rotatable bonds is 5. The summed E-state index contributed by atoms with van der Waals surface area (Å²) in [7, 11) is 0. The number of carbonyl (C=O) groups excluding carboxylic acids is 1. The van der Waals surface area contributed by atoms with E-state index in [4.69, 9.17) is 18.5 Å². The van der Waals surface area contributed by atoms with Crippen molar-refractivity contribution in [3.63, 3.8) is 0 Å². The Kier molecular flexibility index (Phi) is 4.34. The third-order valence-electron chi connectivity index (χ3n) is 4.65. The highest BCUT2D eigenvalue weighted by Crippen LogP contribution is 2.32. The molecule has 0 aliphatic carbocycles. The highest BCUT2D eigenvalue weighted by atomic mass is 35.5. The van der Waals surface area contributed by atoms with Crippen LogP contribution in [-0.4, -0.2) is 34.5 Å². The molecule has 1 amide bonds. The fourth-order valence-corrected chi connectivity index (χ4v) is 3.22. The molecule has 1 saturated heterocycles. The molecule has 1 aromatic heterocycles. The van der Waals surface area contributed by atoms with Gasteiger partial charge in [-0.2, -0.15) is 0 Å². The standard InChI is InChI=1S/C21H23ClF2N2O/c1-15-4-6-17(25-14-15)3-2-8-21(24)9-11-26(12-10-21)20(27)16-5-7-19(23)18(22)13-16/h4-7,13-14H,2-3,8-12H2,1H3/i1D3,9D2. The SMILES string of the molecule is [2H]C([2H])([2H])c1ccc(CCCC2(F)CCN(C(=O)c3ccc(F)c(Cl)c3)CC2([2H])[2H])nc1. The van der Waals surface area contributed by atoms with Crippen LogP contribution in [0, 0.1) is 12.7 Å². The van der Waals surface area contributed by atoms with Crippen LogP contribution in [0.15, 0.2) is 36.5 Å². The molecule has 0 spiro atoms. The molecular weight excluding hydrogens is 370 g/mol. The minimum Gasteiger partial charge on any atom is -0.338 e. The van der Waals surface area contributed by atoms with Gasteiger partial charge in [0.1, 0.15) is 11.5 Å². The van der Waals surface area contributed by atoms with Gasteiger partial charge in [0, 0.05) is 37.4 Å². The first-order chi connectivity index (χ1) is 14.8. The molecule has 1 unspecified atom stereocenters. The lowest BCUT2D eigenvalue weighted by atomic mass is 9.87. The van der Waals surface area contributed by atoms with Crippen LogP contribution in [0.5, 0.6) is 0 Å². The topological polar surface area (TPSA) is 33.2 Å². The summed E-state index contributed by atoms with van der Waals surface area (Å²) in [5.41, 5.74) is -1.28. The lowest BCUT2D eigenvalue weighted by Gasteiger charge is -2.36. The summed E-state index contributed by atoms with van der Waals surface area (Å²) < 4.78 is 67.5. The Morgan fingerprint density at radius 1 is 1.41 bits per heavy atom. The van der Waals surface area contributed by atoms with Gasteiger partial charge in [-0.05, 0) is 68.7 Å². The number of likely N-dealkylation sites (tertiary alicyclic amines) is 1. The fourth-order valence-electron chi connectivity index (χ4n) is 3.04.